The Morgan fingerprint density at radius 3 is 0.643 bits per heavy atom. The van der Waals surface area contributed by atoms with Crippen molar-refractivity contribution in [3.63, 3.8) is 0 Å². The van der Waals surface area contributed by atoms with Crippen LogP contribution in [0.5, 0.6) is 0 Å². The summed E-state index contributed by atoms with van der Waals surface area (Å²) in [6, 6.07) is 0. The van der Waals surface area contributed by atoms with Gasteiger partial charge in [-0.25, -0.2) is 0 Å². The van der Waals surface area contributed by atoms with Crippen LogP contribution in [0.3, 0.4) is 0 Å². The minimum absolute atomic E-state index is 0. The maximum atomic E-state index is 3.44. The second kappa shape index (κ2) is 49.8. The first-order valence-electron chi connectivity index (χ1n) is 16.8. The Morgan fingerprint density at radius 1 is 0.310 bits per heavy atom. The summed E-state index contributed by atoms with van der Waals surface area (Å²) in [7, 11) is 0. The summed E-state index contributed by atoms with van der Waals surface area (Å²) < 4.78 is 0. The maximum Gasteiger partial charge on any atom is 0.0135 e. The fraction of sp³-hybridized carbons (Fsp3) is 0.882. The van der Waals surface area contributed by atoms with Crippen LogP contribution in [0.4, 0.5) is 0 Å². The van der Waals surface area contributed by atoms with E-state index in [9.17, 15) is 0 Å². The third-order valence-corrected chi connectivity index (χ3v) is 6.21. The standard InChI is InChI=1S/2C16H36N4.2CH4.H2/c2*1-3-17-11-5-7-13-19-15-9-10-16-20-14-8-6-12-18-4-2;;;/h2*9-10,17-20H,3-8,11-16H2,1-2H3;2*1H4;1H/b10-9+;10-9-;;;. The molecule has 42 heavy (non-hydrogen) atoms. The van der Waals surface area contributed by atoms with E-state index in [0.29, 0.717) is 0 Å². The van der Waals surface area contributed by atoms with Crippen LogP contribution in [0.15, 0.2) is 24.3 Å². The number of nitrogens with one attached hydrogen (secondary N) is 8. The van der Waals surface area contributed by atoms with Crippen molar-refractivity contribution in [1.29, 1.82) is 0 Å². The van der Waals surface area contributed by atoms with Gasteiger partial charge in [-0.3, -0.25) is 0 Å². The Balaban J connectivity index is -0.000000209. The topological polar surface area (TPSA) is 96.2 Å². The van der Waals surface area contributed by atoms with Crippen molar-refractivity contribution in [1.82, 2.24) is 42.5 Å². The van der Waals surface area contributed by atoms with Crippen LogP contribution in [-0.2, 0) is 0 Å². The van der Waals surface area contributed by atoms with Gasteiger partial charge in [0.1, 0.15) is 0 Å². The van der Waals surface area contributed by atoms with E-state index >= 15 is 0 Å². The quantitative estimate of drug-likeness (QED) is 0.0421. The first-order chi connectivity index (χ1) is 19.8. The van der Waals surface area contributed by atoms with Crippen LogP contribution in [0.1, 0.15) is 95.3 Å². The van der Waals surface area contributed by atoms with Gasteiger partial charge in [-0.15, -0.1) is 0 Å². The molecule has 0 radical (unpaired) electrons. The van der Waals surface area contributed by atoms with Gasteiger partial charge >= 0.3 is 0 Å². The molecule has 0 rings (SSSR count). The van der Waals surface area contributed by atoms with Gasteiger partial charge in [0.15, 0.2) is 0 Å². The Hall–Kier alpha value is -0.840. The van der Waals surface area contributed by atoms with Gasteiger partial charge in [-0.1, -0.05) is 66.9 Å². The highest BCUT2D eigenvalue weighted by molar-refractivity contribution is 4.86. The van der Waals surface area contributed by atoms with Gasteiger partial charge in [-0.2, -0.15) is 0 Å². The minimum Gasteiger partial charge on any atom is -0.317 e. The van der Waals surface area contributed by atoms with Crippen molar-refractivity contribution in [2.24, 2.45) is 0 Å². The fourth-order valence-corrected chi connectivity index (χ4v) is 3.78. The van der Waals surface area contributed by atoms with E-state index < -0.39 is 0 Å². The molecule has 0 aliphatic rings. The normalized spacial score (nSPS) is 11.0. The molecular formula is C34H82N8. The van der Waals surface area contributed by atoms with Gasteiger partial charge in [0, 0.05) is 27.6 Å². The smallest absolute Gasteiger partial charge is 0.0135 e. The van der Waals surface area contributed by atoms with Crippen molar-refractivity contribution in [2.75, 3.05) is 105 Å². The van der Waals surface area contributed by atoms with Crippen molar-refractivity contribution in [3.05, 3.63) is 24.3 Å². The summed E-state index contributed by atoms with van der Waals surface area (Å²) >= 11 is 0. The second-order valence-corrected chi connectivity index (χ2v) is 10.0. The van der Waals surface area contributed by atoms with E-state index in [4.69, 9.17) is 0 Å². The number of hydrogen-bond donors (Lipinski definition) is 8. The monoisotopic (exact) mass is 603 g/mol. The van der Waals surface area contributed by atoms with Gasteiger partial charge in [0.25, 0.3) is 0 Å². The molecule has 8 heteroatoms. The molecule has 0 saturated carbocycles. The maximum absolute atomic E-state index is 3.44. The van der Waals surface area contributed by atoms with E-state index in [2.05, 4.69) is 94.5 Å². The lowest BCUT2D eigenvalue weighted by atomic mass is 10.3. The second-order valence-electron chi connectivity index (χ2n) is 10.0. The summed E-state index contributed by atoms with van der Waals surface area (Å²) in [6.07, 6.45) is 18.9. The fourth-order valence-electron chi connectivity index (χ4n) is 3.78. The molecule has 0 unspecified atom stereocenters. The molecule has 8 N–H and O–H groups in total. The Morgan fingerprint density at radius 2 is 0.476 bits per heavy atom. The predicted octanol–water partition coefficient (Wildman–Crippen LogP) is 4.52. The van der Waals surface area contributed by atoms with Crippen molar-refractivity contribution in [2.45, 2.75) is 93.9 Å². The first kappa shape index (κ1) is 48.1. The third kappa shape index (κ3) is 51.9. The molecule has 0 aliphatic heterocycles. The highest BCUT2D eigenvalue weighted by Gasteiger charge is 1.90. The van der Waals surface area contributed by atoms with Crippen LogP contribution in [0.2, 0.25) is 0 Å². The lowest BCUT2D eigenvalue weighted by molar-refractivity contribution is 0.605. The van der Waals surface area contributed by atoms with Crippen LogP contribution in [0.25, 0.3) is 0 Å². The van der Waals surface area contributed by atoms with Crippen LogP contribution in [-0.4, -0.2) is 105 Å². The van der Waals surface area contributed by atoms with E-state index in [1.54, 1.807) is 0 Å². The molecule has 0 fully saturated rings. The zero-order chi connectivity index (χ0) is 29.5. The summed E-state index contributed by atoms with van der Waals surface area (Å²) in [6.45, 7) is 25.9. The van der Waals surface area contributed by atoms with Gasteiger partial charge < -0.3 is 42.5 Å². The van der Waals surface area contributed by atoms with Crippen molar-refractivity contribution < 1.29 is 1.43 Å². The average Bonchev–Trinajstić information content (AvgIpc) is 2.97. The average molecular weight is 603 g/mol. The number of rotatable bonds is 32. The first-order valence-corrected chi connectivity index (χ1v) is 16.8. The van der Waals surface area contributed by atoms with Crippen LogP contribution in [0, 0.1) is 0 Å². The molecule has 0 amide bonds. The lowest BCUT2D eigenvalue weighted by Crippen LogP contribution is -2.20. The van der Waals surface area contributed by atoms with Gasteiger partial charge in [0.2, 0.25) is 0 Å². The molecule has 0 bridgehead atoms. The SMILES string of the molecule is C.C.CCNCCCCNC/C=C/CNCCCCNCC.CCNCCCCNC/C=C\CNCCCCNCC.[HH]. The molecular weight excluding hydrogens is 520 g/mol. The van der Waals surface area contributed by atoms with Crippen LogP contribution >= 0.6 is 0 Å². The van der Waals surface area contributed by atoms with E-state index in [1.165, 1.54) is 51.4 Å². The van der Waals surface area contributed by atoms with E-state index in [1.807, 2.05) is 0 Å². The van der Waals surface area contributed by atoms with Gasteiger partial charge in [0.05, 0.1) is 0 Å². The summed E-state index contributed by atoms with van der Waals surface area (Å²) in [5.41, 5.74) is 0. The molecule has 0 aliphatic carbocycles. The molecule has 0 aromatic carbocycles. The van der Waals surface area contributed by atoms with Crippen molar-refractivity contribution >= 4 is 0 Å². The van der Waals surface area contributed by atoms with Crippen LogP contribution < -0.4 is 42.5 Å². The summed E-state index contributed by atoms with van der Waals surface area (Å²) in [4.78, 5) is 0. The molecule has 0 saturated heterocycles. The third-order valence-electron chi connectivity index (χ3n) is 6.21. The molecule has 0 spiro atoms. The highest BCUT2D eigenvalue weighted by atomic mass is 14.9. The molecule has 258 valence electrons. The Kier molecular flexibility index (Phi) is 57.0. The molecule has 0 aromatic heterocycles. The van der Waals surface area contributed by atoms with E-state index in [0.717, 1.165) is 105 Å². The van der Waals surface area contributed by atoms with Gasteiger partial charge in [-0.05, 0) is 130 Å². The largest absolute Gasteiger partial charge is 0.317 e. The van der Waals surface area contributed by atoms with Crippen molar-refractivity contribution in [3.8, 4) is 0 Å². The molecule has 8 nitrogen and oxygen atoms in total. The minimum atomic E-state index is 0. The molecule has 0 heterocycles. The summed E-state index contributed by atoms with van der Waals surface area (Å²) in [5, 5.41) is 27.1. The predicted molar refractivity (Wildman–Crippen MR) is 196 cm³/mol. The molecule has 0 atom stereocenters. The molecule has 0 aromatic rings. The number of unbranched alkanes of at least 4 members (excludes halogenated alkanes) is 4. The Labute approximate surface area is 266 Å². The summed E-state index contributed by atoms with van der Waals surface area (Å²) in [5.74, 6) is 0. The highest BCUT2D eigenvalue weighted by Crippen LogP contribution is 1.87. The zero-order valence-corrected chi connectivity index (χ0v) is 27.3. The Bertz CT molecular complexity index is 399. The lowest BCUT2D eigenvalue weighted by Gasteiger charge is -2.03. The number of hydrogen-bond acceptors (Lipinski definition) is 8. The van der Waals surface area contributed by atoms with E-state index in [-0.39, 0.29) is 16.3 Å². The zero-order valence-electron chi connectivity index (χ0n) is 27.3.